The quantitative estimate of drug-likeness (QED) is 0.899. The molecule has 1 saturated heterocycles. The molecule has 1 aliphatic heterocycles. The fraction of sp³-hybridized carbons (Fsp3) is 0.267. The van der Waals surface area contributed by atoms with Crippen LogP contribution in [0.15, 0.2) is 36.7 Å². The van der Waals surface area contributed by atoms with Crippen LogP contribution in [-0.4, -0.2) is 36.6 Å². The molecule has 0 aliphatic carbocycles. The van der Waals surface area contributed by atoms with Crippen LogP contribution in [0.1, 0.15) is 23.2 Å². The number of rotatable bonds is 3. The van der Waals surface area contributed by atoms with Crippen LogP contribution in [0.2, 0.25) is 5.02 Å². The van der Waals surface area contributed by atoms with E-state index in [-0.39, 0.29) is 22.3 Å². The third-order valence-corrected chi connectivity index (χ3v) is 5.81. The summed E-state index contributed by atoms with van der Waals surface area (Å²) < 4.78 is 25.6. The summed E-state index contributed by atoms with van der Waals surface area (Å²) in [5, 5.41) is 2.71. The van der Waals surface area contributed by atoms with Crippen LogP contribution in [0, 0.1) is 0 Å². The van der Waals surface area contributed by atoms with E-state index in [1.165, 1.54) is 28.8 Å². The Hall–Kier alpha value is -2.19. The number of amides is 1. The maximum atomic E-state index is 12.2. The lowest BCUT2D eigenvalue weighted by Crippen LogP contribution is -2.37. The summed E-state index contributed by atoms with van der Waals surface area (Å²) in [6, 6.07) is 6.21. The maximum absolute atomic E-state index is 12.2. The van der Waals surface area contributed by atoms with Gasteiger partial charge in [0.2, 0.25) is 16.0 Å². The second-order valence-electron chi connectivity index (χ2n) is 5.29. The number of benzene rings is 1. The topological polar surface area (TPSA) is 92.3 Å². The number of hydrogen-bond donors (Lipinski definition) is 1. The van der Waals surface area contributed by atoms with E-state index in [9.17, 15) is 13.2 Å². The first-order chi connectivity index (χ1) is 11.5. The molecule has 1 aromatic heterocycles. The van der Waals surface area contributed by atoms with E-state index in [1.54, 1.807) is 12.1 Å². The van der Waals surface area contributed by atoms with Gasteiger partial charge in [-0.15, -0.1) is 0 Å². The summed E-state index contributed by atoms with van der Waals surface area (Å²) in [6.45, 7) is 0.419. The Bertz CT molecular complexity index is 858. The molecular weight excluding hydrogens is 352 g/mol. The largest absolute Gasteiger partial charge is 0.290 e. The van der Waals surface area contributed by atoms with Gasteiger partial charge >= 0.3 is 0 Å². The second kappa shape index (κ2) is 6.74. The van der Waals surface area contributed by atoms with Crippen molar-refractivity contribution in [2.45, 2.75) is 12.8 Å². The Kier molecular flexibility index (Phi) is 4.68. The van der Waals surface area contributed by atoms with Gasteiger partial charge in [-0.1, -0.05) is 11.6 Å². The summed E-state index contributed by atoms with van der Waals surface area (Å²) >= 11 is 6.18. The van der Waals surface area contributed by atoms with Gasteiger partial charge in [0.15, 0.2) is 0 Å². The number of anilines is 2. The first kappa shape index (κ1) is 16.7. The van der Waals surface area contributed by atoms with Gasteiger partial charge in [-0.05, 0) is 37.1 Å². The number of halogens is 1. The monoisotopic (exact) mass is 366 g/mol. The molecule has 0 unspecified atom stereocenters. The van der Waals surface area contributed by atoms with E-state index in [0.29, 0.717) is 18.7 Å². The van der Waals surface area contributed by atoms with Gasteiger partial charge in [-0.2, -0.15) is 0 Å². The van der Waals surface area contributed by atoms with E-state index >= 15 is 0 Å². The molecule has 3 rings (SSSR count). The SMILES string of the molecule is O=C(Nc1ncccn1)c1ccc(N2CCCCS2(=O)=O)cc1Cl. The number of aromatic nitrogens is 2. The molecule has 0 radical (unpaired) electrons. The van der Waals surface area contributed by atoms with Crippen LogP contribution in [0.3, 0.4) is 0 Å². The van der Waals surface area contributed by atoms with Gasteiger partial charge in [0.1, 0.15) is 0 Å². The van der Waals surface area contributed by atoms with Crippen molar-refractivity contribution < 1.29 is 13.2 Å². The van der Waals surface area contributed by atoms with E-state index in [4.69, 9.17) is 11.6 Å². The zero-order valence-electron chi connectivity index (χ0n) is 12.6. The number of hydrogen-bond acceptors (Lipinski definition) is 5. The predicted molar refractivity (Wildman–Crippen MR) is 91.8 cm³/mol. The molecule has 0 spiro atoms. The van der Waals surface area contributed by atoms with Crippen LogP contribution < -0.4 is 9.62 Å². The molecule has 0 atom stereocenters. The minimum Gasteiger partial charge on any atom is -0.290 e. The number of nitrogens with one attached hydrogen (secondary N) is 1. The molecule has 1 aliphatic rings. The summed E-state index contributed by atoms with van der Waals surface area (Å²) in [7, 11) is -3.32. The highest BCUT2D eigenvalue weighted by molar-refractivity contribution is 7.92. The van der Waals surface area contributed by atoms with Crippen molar-refractivity contribution in [1.29, 1.82) is 0 Å². The summed E-state index contributed by atoms with van der Waals surface area (Å²) in [4.78, 5) is 20.1. The molecule has 2 aromatic rings. The average Bonchev–Trinajstić information content (AvgIpc) is 2.55. The van der Waals surface area contributed by atoms with Crippen molar-refractivity contribution in [3.8, 4) is 0 Å². The Labute approximate surface area is 144 Å². The molecule has 2 heterocycles. The first-order valence-electron chi connectivity index (χ1n) is 7.36. The van der Waals surface area contributed by atoms with Gasteiger partial charge in [-0.25, -0.2) is 18.4 Å². The number of nitrogens with zero attached hydrogens (tertiary/aromatic N) is 3. The van der Waals surface area contributed by atoms with E-state index in [1.807, 2.05) is 0 Å². The predicted octanol–water partition coefficient (Wildman–Crippen LogP) is 2.31. The third-order valence-electron chi connectivity index (χ3n) is 3.63. The van der Waals surface area contributed by atoms with Crippen molar-refractivity contribution in [3.05, 3.63) is 47.2 Å². The van der Waals surface area contributed by atoms with Gasteiger partial charge in [0.05, 0.1) is 22.0 Å². The summed E-state index contributed by atoms with van der Waals surface area (Å²) in [5.41, 5.74) is 0.689. The minimum absolute atomic E-state index is 0.123. The lowest BCUT2D eigenvalue weighted by molar-refractivity contribution is 0.102. The average molecular weight is 367 g/mol. The Morgan fingerprint density at radius 3 is 2.62 bits per heavy atom. The van der Waals surface area contributed by atoms with Crippen molar-refractivity contribution in [2.24, 2.45) is 0 Å². The lowest BCUT2D eigenvalue weighted by Gasteiger charge is -2.28. The van der Waals surface area contributed by atoms with Crippen LogP contribution in [0.4, 0.5) is 11.6 Å². The fourth-order valence-electron chi connectivity index (χ4n) is 2.45. The molecule has 126 valence electrons. The fourth-order valence-corrected chi connectivity index (χ4v) is 4.35. The van der Waals surface area contributed by atoms with Crippen molar-refractivity contribution in [1.82, 2.24) is 9.97 Å². The first-order valence-corrected chi connectivity index (χ1v) is 9.34. The summed E-state index contributed by atoms with van der Waals surface area (Å²) in [6.07, 6.45) is 4.47. The maximum Gasteiger partial charge on any atom is 0.259 e. The molecule has 0 bridgehead atoms. The summed E-state index contributed by atoms with van der Waals surface area (Å²) in [5.74, 6) is -0.168. The second-order valence-corrected chi connectivity index (χ2v) is 7.71. The van der Waals surface area contributed by atoms with Crippen LogP contribution in [0.5, 0.6) is 0 Å². The molecule has 1 fully saturated rings. The van der Waals surface area contributed by atoms with Crippen molar-refractivity contribution >= 4 is 39.2 Å². The smallest absolute Gasteiger partial charge is 0.259 e. The highest BCUT2D eigenvalue weighted by Gasteiger charge is 2.26. The van der Waals surface area contributed by atoms with Crippen LogP contribution in [0.25, 0.3) is 0 Å². The Balaban J connectivity index is 1.83. The van der Waals surface area contributed by atoms with Gasteiger partial charge in [0, 0.05) is 18.9 Å². The molecular formula is C15H15ClN4O3S. The minimum atomic E-state index is -3.32. The highest BCUT2D eigenvalue weighted by atomic mass is 35.5. The molecule has 1 N–H and O–H groups in total. The van der Waals surface area contributed by atoms with Crippen molar-refractivity contribution in [2.75, 3.05) is 21.9 Å². The third kappa shape index (κ3) is 3.49. The normalized spacial score (nSPS) is 16.6. The van der Waals surface area contributed by atoms with Gasteiger partial charge in [0.25, 0.3) is 5.91 Å². The standard InChI is InChI=1S/C15H15ClN4O3S/c16-13-10-11(20-8-1-2-9-24(20,22)23)4-5-12(13)14(21)19-15-17-6-3-7-18-15/h3-7,10H,1-2,8-9H2,(H,17,18,19,21). The molecule has 24 heavy (non-hydrogen) atoms. The Morgan fingerprint density at radius 2 is 1.96 bits per heavy atom. The van der Waals surface area contributed by atoms with E-state index < -0.39 is 15.9 Å². The highest BCUT2D eigenvalue weighted by Crippen LogP contribution is 2.28. The van der Waals surface area contributed by atoms with Crippen LogP contribution in [-0.2, 0) is 10.0 Å². The van der Waals surface area contributed by atoms with Crippen molar-refractivity contribution in [3.63, 3.8) is 0 Å². The number of sulfonamides is 1. The zero-order chi connectivity index (χ0) is 17.2. The molecule has 0 saturated carbocycles. The molecule has 9 heteroatoms. The zero-order valence-corrected chi connectivity index (χ0v) is 14.2. The molecule has 1 aromatic carbocycles. The van der Waals surface area contributed by atoms with E-state index in [2.05, 4.69) is 15.3 Å². The van der Waals surface area contributed by atoms with Crippen LogP contribution >= 0.6 is 11.6 Å². The van der Waals surface area contributed by atoms with E-state index in [0.717, 1.165) is 6.42 Å². The molecule has 1 amide bonds. The Morgan fingerprint density at radius 1 is 1.21 bits per heavy atom. The van der Waals surface area contributed by atoms with Gasteiger partial charge < -0.3 is 0 Å². The molecule has 7 nitrogen and oxygen atoms in total. The van der Waals surface area contributed by atoms with Gasteiger partial charge in [-0.3, -0.25) is 14.4 Å². The number of carbonyl (C=O) groups excluding carboxylic acids is 1. The number of carbonyl (C=O) groups is 1. The lowest BCUT2D eigenvalue weighted by atomic mass is 10.2.